The molecule has 0 saturated carbocycles. The van der Waals surface area contributed by atoms with Crippen LogP contribution in [0, 0.1) is 17.1 Å². The van der Waals surface area contributed by atoms with E-state index < -0.39 is 0 Å². The number of nitrogens with zero attached hydrogens (tertiary/aromatic N) is 4. The molecule has 2 heterocycles. The van der Waals surface area contributed by atoms with Gasteiger partial charge in [0.15, 0.2) is 0 Å². The second kappa shape index (κ2) is 10.5. The number of benzene rings is 4. The summed E-state index contributed by atoms with van der Waals surface area (Å²) in [6.07, 6.45) is 3.67. The predicted molar refractivity (Wildman–Crippen MR) is 149 cm³/mol. The van der Waals surface area contributed by atoms with Crippen LogP contribution in [0.3, 0.4) is 0 Å². The maximum Gasteiger partial charge on any atom is 0.149 e. The Morgan fingerprint density at radius 1 is 0.949 bits per heavy atom. The highest BCUT2D eigenvalue weighted by Gasteiger charge is 2.15. The summed E-state index contributed by atoms with van der Waals surface area (Å²) >= 11 is 0. The zero-order chi connectivity index (χ0) is 26.6. The third kappa shape index (κ3) is 5.04. The fraction of sp³-hybridized carbons (Fsp3) is 0.0312. The Hall–Kier alpha value is -5.48. The van der Waals surface area contributed by atoms with Gasteiger partial charge in [-0.05, 0) is 48.5 Å². The molecule has 188 valence electrons. The fourth-order valence-corrected chi connectivity index (χ4v) is 4.33. The Morgan fingerprint density at radius 3 is 2.56 bits per heavy atom. The molecule has 0 unspecified atom stereocenters. The van der Waals surface area contributed by atoms with E-state index in [2.05, 4.69) is 16.0 Å². The van der Waals surface area contributed by atoms with Gasteiger partial charge >= 0.3 is 0 Å². The SMILES string of the molecule is N#CC(=Cc1cn(-c2ccccc2)nc1-c1cccc(OCc2ccccc2F)c1)c1nc2ccccc2[nH]1. The number of para-hydroxylation sites is 3. The number of fused-ring (bicyclic) bond motifs is 1. The Labute approximate surface area is 224 Å². The summed E-state index contributed by atoms with van der Waals surface area (Å²) < 4.78 is 21.8. The van der Waals surface area contributed by atoms with Gasteiger partial charge in [0.25, 0.3) is 0 Å². The largest absolute Gasteiger partial charge is 0.489 e. The number of nitriles is 1. The molecule has 1 N–H and O–H groups in total. The Bertz CT molecular complexity index is 1810. The van der Waals surface area contributed by atoms with E-state index in [1.165, 1.54) is 6.07 Å². The first-order valence-corrected chi connectivity index (χ1v) is 12.4. The standard InChI is InChI=1S/C32H22FN5O/c33-28-14-5-4-9-23(28)21-39-27-13-8-10-22(18-27)31-25(20-38(37-31)26-11-2-1-3-12-26)17-24(19-34)32-35-29-15-6-7-16-30(29)36-32/h1-18,20H,21H2,(H,35,36). The number of halogens is 1. The highest BCUT2D eigenvalue weighted by molar-refractivity contribution is 5.92. The fourth-order valence-electron chi connectivity index (χ4n) is 4.33. The number of hydrogen-bond acceptors (Lipinski definition) is 4. The van der Waals surface area contributed by atoms with E-state index in [4.69, 9.17) is 9.84 Å². The highest BCUT2D eigenvalue weighted by atomic mass is 19.1. The van der Waals surface area contributed by atoms with E-state index in [1.54, 1.807) is 29.0 Å². The third-order valence-electron chi connectivity index (χ3n) is 6.29. The van der Waals surface area contributed by atoms with Crippen LogP contribution < -0.4 is 4.74 Å². The third-order valence-corrected chi connectivity index (χ3v) is 6.29. The van der Waals surface area contributed by atoms with Crippen molar-refractivity contribution >= 4 is 22.7 Å². The van der Waals surface area contributed by atoms with Crippen molar-refractivity contribution in [2.45, 2.75) is 6.61 Å². The molecule has 2 aromatic heterocycles. The number of imidazole rings is 1. The van der Waals surface area contributed by atoms with Crippen LogP contribution in [0.1, 0.15) is 17.0 Å². The lowest BCUT2D eigenvalue weighted by Gasteiger charge is -2.08. The molecule has 0 saturated heterocycles. The van der Waals surface area contributed by atoms with Gasteiger partial charge in [0, 0.05) is 22.9 Å². The zero-order valence-corrected chi connectivity index (χ0v) is 20.8. The molecule has 0 fully saturated rings. The van der Waals surface area contributed by atoms with Crippen LogP contribution in [0.25, 0.3) is 39.6 Å². The molecule has 0 bridgehead atoms. The van der Waals surface area contributed by atoms with Gasteiger partial charge in [-0.25, -0.2) is 14.1 Å². The Morgan fingerprint density at radius 2 is 1.74 bits per heavy atom. The molecule has 39 heavy (non-hydrogen) atoms. The lowest BCUT2D eigenvalue weighted by molar-refractivity contribution is 0.300. The second-order valence-corrected chi connectivity index (χ2v) is 8.89. The first-order chi connectivity index (χ1) is 19.2. The van der Waals surface area contributed by atoms with Crippen molar-refractivity contribution in [2.75, 3.05) is 0 Å². The molecule has 4 aromatic carbocycles. The van der Waals surface area contributed by atoms with Gasteiger partial charge in [0.05, 0.1) is 22.3 Å². The number of aromatic nitrogens is 4. The van der Waals surface area contributed by atoms with Gasteiger partial charge in [-0.3, -0.25) is 0 Å². The number of allylic oxidation sites excluding steroid dienone is 1. The molecule has 0 spiro atoms. The summed E-state index contributed by atoms with van der Waals surface area (Å²) in [7, 11) is 0. The van der Waals surface area contributed by atoms with Crippen molar-refractivity contribution in [3.63, 3.8) is 0 Å². The van der Waals surface area contributed by atoms with Crippen molar-refractivity contribution in [1.82, 2.24) is 19.7 Å². The Balaban J connectivity index is 1.40. The minimum Gasteiger partial charge on any atom is -0.489 e. The summed E-state index contributed by atoms with van der Waals surface area (Å²) in [5.41, 5.74) is 5.58. The van der Waals surface area contributed by atoms with Gasteiger partial charge in [-0.1, -0.05) is 60.7 Å². The van der Waals surface area contributed by atoms with Crippen LogP contribution in [0.4, 0.5) is 4.39 Å². The average molecular weight is 512 g/mol. The van der Waals surface area contributed by atoms with Gasteiger partial charge in [-0.15, -0.1) is 0 Å². The highest BCUT2D eigenvalue weighted by Crippen LogP contribution is 2.30. The summed E-state index contributed by atoms with van der Waals surface area (Å²) in [6, 6.07) is 33.7. The monoisotopic (exact) mass is 511 g/mol. The Kier molecular flexibility index (Phi) is 6.42. The van der Waals surface area contributed by atoms with Gasteiger partial charge in [0.2, 0.25) is 0 Å². The van der Waals surface area contributed by atoms with E-state index >= 15 is 0 Å². The van der Waals surface area contributed by atoms with Crippen molar-refractivity contribution < 1.29 is 9.13 Å². The smallest absolute Gasteiger partial charge is 0.149 e. The van der Waals surface area contributed by atoms with Crippen LogP contribution in [-0.4, -0.2) is 19.7 Å². The average Bonchev–Trinajstić information content (AvgIpc) is 3.61. The number of rotatable bonds is 7. The molecule has 7 heteroatoms. The van der Waals surface area contributed by atoms with Crippen molar-refractivity contribution in [3.8, 4) is 28.8 Å². The second-order valence-electron chi connectivity index (χ2n) is 8.89. The van der Waals surface area contributed by atoms with Crippen molar-refractivity contribution in [2.24, 2.45) is 0 Å². The van der Waals surface area contributed by atoms with E-state index in [9.17, 15) is 9.65 Å². The molecule has 0 aliphatic carbocycles. The minimum absolute atomic E-state index is 0.103. The molecule has 6 aromatic rings. The lowest BCUT2D eigenvalue weighted by atomic mass is 10.1. The maximum atomic E-state index is 14.1. The quantitative estimate of drug-likeness (QED) is 0.230. The molecule has 0 amide bonds. The normalized spacial score (nSPS) is 11.4. The van der Waals surface area contributed by atoms with Crippen LogP contribution in [0.15, 0.2) is 109 Å². The van der Waals surface area contributed by atoms with Crippen LogP contribution in [0.5, 0.6) is 5.75 Å². The van der Waals surface area contributed by atoms with Crippen molar-refractivity contribution in [3.05, 3.63) is 132 Å². The first-order valence-electron chi connectivity index (χ1n) is 12.4. The number of hydrogen-bond donors (Lipinski definition) is 1. The van der Waals surface area contributed by atoms with Gasteiger partial charge < -0.3 is 9.72 Å². The van der Waals surface area contributed by atoms with E-state index in [0.29, 0.717) is 28.4 Å². The molecular weight excluding hydrogens is 489 g/mol. The summed E-state index contributed by atoms with van der Waals surface area (Å²) in [5.74, 6) is 0.758. The van der Waals surface area contributed by atoms with E-state index in [-0.39, 0.29) is 12.4 Å². The number of aromatic amines is 1. The van der Waals surface area contributed by atoms with Crippen LogP contribution in [0.2, 0.25) is 0 Å². The van der Waals surface area contributed by atoms with Crippen LogP contribution in [-0.2, 0) is 6.61 Å². The van der Waals surface area contributed by atoms with E-state index in [0.717, 1.165) is 27.8 Å². The zero-order valence-electron chi connectivity index (χ0n) is 20.8. The molecular formula is C32H22FN5O. The predicted octanol–water partition coefficient (Wildman–Crippen LogP) is 7.20. The summed E-state index contributed by atoms with van der Waals surface area (Å²) in [5, 5.41) is 14.9. The topological polar surface area (TPSA) is 79.5 Å². The maximum absolute atomic E-state index is 14.1. The van der Waals surface area contributed by atoms with Gasteiger partial charge in [0.1, 0.15) is 35.8 Å². The molecule has 6 rings (SSSR count). The molecule has 0 radical (unpaired) electrons. The van der Waals surface area contributed by atoms with Crippen LogP contribution >= 0.6 is 0 Å². The van der Waals surface area contributed by atoms with Crippen molar-refractivity contribution in [1.29, 1.82) is 5.26 Å². The van der Waals surface area contributed by atoms with E-state index in [1.807, 2.05) is 85.1 Å². The number of nitrogens with one attached hydrogen (secondary N) is 1. The summed E-state index contributed by atoms with van der Waals surface area (Å²) in [6.45, 7) is 0.103. The number of ether oxygens (including phenoxy) is 1. The molecule has 0 aliphatic rings. The molecule has 0 atom stereocenters. The minimum atomic E-state index is -0.308. The molecule has 6 nitrogen and oxygen atoms in total. The lowest BCUT2D eigenvalue weighted by Crippen LogP contribution is -1.98. The van der Waals surface area contributed by atoms with Gasteiger partial charge in [-0.2, -0.15) is 10.4 Å². The number of H-pyrrole nitrogens is 1. The summed E-state index contributed by atoms with van der Waals surface area (Å²) in [4.78, 5) is 7.83. The molecule has 0 aliphatic heterocycles. The first kappa shape index (κ1) is 23.9.